The number of nitrogens with zero attached hydrogens (tertiary/aromatic N) is 1. The minimum absolute atomic E-state index is 0.293. The summed E-state index contributed by atoms with van der Waals surface area (Å²) in [7, 11) is -2.93. The van der Waals surface area contributed by atoms with Crippen LogP contribution in [0, 0.1) is 0 Å². The molecule has 78 valence electrons. The molecule has 0 aromatic heterocycles. The van der Waals surface area contributed by atoms with E-state index in [2.05, 4.69) is 12.6 Å². The molecule has 0 bridgehead atoms. The fraction of sp³-hybridized carbons (Fsp3) is 1.00. The maximum Gasteiger partial charge on any atom is 0.164 e. The monoisotopic (exact) mass is 241 g/mol. The van der Waals surface area contributed by atoms with Crippen LogP contribution in [0.5, 0.6) is 0 Å². The van der Waals surface area contributed by atoms with E-state index in [4.69, 9.17) is 0 Å². The van der Waals surface area contributed by atoms with E-state index in [1.54, 1.807) is 11.8 Å². The van der Waals surface area contributed by atoms with Crippen molar-refractivity contribution in [3.63, 3.8) is 0 Å². The fourth-order valence-corrected chi connectivity index (χ4v) is 4.62. The van der Waals surface area contributed by atoms with E-state index in [0.717, 1.165) is 24.6 Å². The second kappa shape index (κ2) is 4.91. The topological polar surface area (TPSA) is 37.4 Å². The molecule has 1 atom stereocenters. The largest absolute Gasteiger partial charge is 0.285 e. The van der Waals surface area contributed by atoms with Gasteiger partial charge in [-0.25, -0.2) is 8.42 Å². The van der Waals surface area contributed by atoms with Crippen molar-refractivity contribution in [1.82, 2.24) is 4.90 Å². The highest BCUT2D eigenvalue weighted by atomic mass is 32.2. The second-order valence-corrected chi connectivity index (χ2v) is 6.92. The molecule has 0 amide bonds. The number of thiol groups is 1. The maximum absolute atomic E-state index is 11.4. The SMILES string of the molecule is CS(=O)(=O)C1CSCCN1CCS. The third-order valence-corrected chi connectivity index (χ3v) is 4.96. The van der Waals surface area contributed by atoms with Gasteiger partial charge >= 0.3 is 0 Å². The van der Waals surface area contributed by atoms with Gasteiger partial charge < -0.3 is 0 Å². The third kappa shape index (κ3) is 3.34. The summed E-state index contributed by atoms with van der Waals surface area (Å²) in [6.07, 6.45) is 1.31. The van der Waals surface area contributed by atoms with Crippen LogP contribution in [0.1, 0.15) is 0 Å². The van der Waals surface area contributed by atoms with Crippen molar-refractivity contribution in [3.05, 3.63) is 0 Å². The van der Waals surface area contributed by atoms with Crippen LogP contribution in [0.4, 0.5) is 0 Å². The van der Waals surface area contributed by atoms with Crippen molar-refractivity contribution in [3.8, 4) is 0 Å². The zero-order valence-corrected chi connectivity index (χ0v) is 10.2. The third-order valence-electron chi connectivity index (χ3n) is 2.07. The van der Waals surface area contributed by atoms with Crippen LogP contribution in [0.15, 0.2) is 0 Å². The van der Waals surface area contributed by atoms with Gasteiger partial charge in [0.05, 0.1) is 0 Å². The molecule has 1 rings (SSSR count). The summed E-state index contributed by atoms with van der Waals surface area (Å²) in [4.78, 5) is 2.01. The standard InChI is InChI=1S/C7H15NO2S3/c1-13(9,10)7-6-12-5-3-8(7)2-4-11/h7,11H,2-6H2,1H3. The molecule has 0 spiro atoms. The number of sulfone groups is 1. The van der Waals surface area contributed by atoms with Gasteiger partial charge in [-0.2, -0.15) is 24.4 Å². The molecule has 1 heterocycles. The summed E-state index contributed by atoms with van der Waals surface area (Å²) in [5, 5.41) is -0.293. The molecule has 3 nitrogen and oxygen atoms in total. The van der Waals surface area contributed by atoms with Gasteiger partial charge in [0.25, 0.3) is 0 Å². The molecule has 1 aliphatic heterocycles. The highest BCUT2D eigenvalue weighted by molar-refractivity contribution is 8.00. The first kappa shape index (κ1) is 11.7. The van der Waals surface area contributed by atoms with E-state index in [1.807, 2.05) is 4.90 Å². The van der Waals surface area contributed by atoms with Crippen molar-refractivity contribution in [2.75, 3.05) is 36.6 Å². The predicted octanol–water partition coefficient (Wildman–Crippen LogP) is 0.336. The van der Waals surface area contributed by atoms with E-state index in [1.165, 1.54) is 6.26 Å². The highest BCUT2D eigenvalue weighted by Gasteiger charge is 2.29. The summed E-state index contributed by atoms with van der Waals surface area (Å²) in [6.45, 7) is 1.63. The van der Waals surface area contributed by atoms with Crippen molar-refractivity contribution < 1.29 is 8.42 Å². The van der Waals surface area contributed by atoms with E-state index in [0.29, 0.717) is 5.75 Å². The van der Waals surface area contributed by atoms with Gasteiger partial charge in [0.15, 0.2) is 9.84 Å². The van der Waals surface area contributed by atoms with Crippen LogP contribution in [0.3, 0.4) is 0 Å². The highest BCUT2D eigenvalue weighted by Crippen LogP contribution is 2.19. The molecule has 0 aromatic carbocycles. The smallest absolute Gasteiger partial charge is 0.164 e. The van der Waals surface area contributed by atoms with Crippen LogP contribution in [-0.4, -0.2) is 55.3 Å². The molecule has 1 unspecified atom stereocenters. The molecular weight excluding hydrogens is 226 g/mol. The minimum Gasteiger partial charge on any atom is -0.285 e. The number of hydrogen-bond donors (Lipinski definition) is 1. The van der Waals surface area contributed by atoms with Crippen molar-refractivity contribution in [2.24, 2.45) is 0 Å². The second-order valence-electron chi connectivity index (χ2n) is 3.12. The molecular formula is C7H15NO2S3. The quantitative estimate of drug-likeness (QED) is 0.723. The molecule has 0 aromatic rings. The summed E-state index contributed by atoms with van der Waals surface area (Å²) >= 11 is 5.84. The zero-order valence-electron chi connectivity index (χ0n) is 7.64. The molecule has 13 heavy (non-hydrogen) atoms. The van der Waals surface area contributed by atoms with Gasteiger partial charge in [-0.05, 0) is 0 Å². The van der Waals surface area contributed by atoms with Crippen molar-refractivity contribution in [1.29, 1.82) is 0 Å². The summed E-state index contributed by atoms with van der Waals surface area (Å²) < 4.78 is 22.8. The Labute approximate surface area is 89.6 Å². The Kier molecular flexibility index (Phi) is 4.41. The lowest BCUT2D eigenvalue weighted by Gasteiger charge is -2.33. The zero-order chi connectivity index (χ0) is 9.90. The first-order chi connectivity index (χ1) is 6.05. The first-order valence-electron chi connectivity index (χ1n) is 4.17. The Morgan fingerprint density at radius 2 is 2.31 bits per heavy atom. The van der Waals surface area contributed by atoms with Gasteiger partial charge in [0.2, 0.25) is 0 Å². The van der Waals surface area contributed by atoms with Crippen LogP contribution in [0.2, 0.25) is 0 Å². The van der Waals surface area contributed by atoms with Gasteiger partial charge in [0.1, 0.15) is 5.37 Å². The molecule has 0 N–H and O–H groups in total. The molecule has 1 aliphatic rings. The number of hydrogen-bond acceptors (Lipinski definition) is 5. The van der Waals surface area contributed by atoms with E-state index < -0.39 is 9.84 Å². The fourth-order valence-electron chi connectivity index (χ4n) is 1.39. The van der Waals surface area contributed by atoms with Gasteiger partial charge in [-0.3, -0.25) is 4.90 Å². The minimum atomic E-state index is -2.93. The molecule has 0 saturated carbocycles. The summed E-state index contributed by atoms with van der Waals surface area (Å²) in [6, 6.07) is 0. The molecule has 0 aliphatic carbocycles. The maximum atomic E-state index is 11.4. The van der Waals surface area contributed by atoms with E-state index in [9.17, 15) is 8.42 Å². The molecule has 1 fully saturated rings. The number of rotatable bonds is 3. The normalized spacial score (nSPS) is 26.2. The van der Waals surface area contributed by atoms with E-state index in [-0.39, 0.29) is 5.37 Å². The van der Waals surface area contributed by atoms with Gasteiger partial charge in [-0.1, -0.05) is 0 Å². The lowest BCUT2D eigenvalue weighted by Crippen LogP contribution is -2.47. The molecule has 0 radical (unpaired) electrons. The number of thioether (sulfide) groups is 1. The lowest BCUT2D eigenvalue weighted by molar-refractivity contribution is 0.288. The Hall–Kier alpha value is 0.610. The molecule has 1 saturated heterocycles. The van der Waals surface area contributed by atoms with Crippen molar-refractivity contribution >= 4 is 34.2 Å². The Bertz CT molecular complexity index is 250. The first-order valence-corrected chi connectivity index (χ1v) is 7.91. The Morgan fingerprint density at radius 3 is 2.85 bits per heavy atom. The predicted molar refractivity (Wildman–Crippen MR) is 61.4 cm³/mol. The van der Waals surface area contributed by atoms with Gasteiger partial charge in [-0.15, -0.1) is 0 Å². The van der Waals surface area contributed by atoms with Gasteiger partial charge in [0, 0.05) is 36.6 Å². The average molecular weight is 241 g/mol. The Balaban J connectivity index is 2.67. The van der Waals surface area contributed by atoms with Crippen LogP contribution < -0.4 is 0 Å². The Morgan fingerprint density at radius 1 is 1.62 bits per heavy atom. The van der Waals surface area contributed by atoms with Crippen LogP contribution in [-0.2, 0) is 9.84 Å². The van der Waals surface area contributed by atoms with E-state index >= 15 is 0 Å². The van der Waals surface area contributed by atoms with Crippen LogP contribution in [0.25, 0.3) is 0 Å². The average Bonchev–Trinajstić information content (AvgIpc) is 2.04. The molecule has 6 heteroatoms. The lowest BCUT2D eigenvalue weighted by atomic mass is 10.5. The van der Waals surface area contributed by atoms with Crippen molar-refractivity contribution in [2.45, 2.75) is 5.37 Å². The summed E-state index contributed by atoms with van der Waals surface area (Å²) in [5.41, 5.74) is 0. The summed E-state index contributed by atoms with van der Waals surface area (Å²) in [5.74, 6) is 2.45. The van der Waals surface area contributed by atoms with Crippen LogP contribution >= 0.6 is 24.4 Å².